The van der Waals surface area contributed by atoms with Crippen molar-refractivity contribution >= 4 is 0 Å². The molecule has 2 N–H and O–H groups in total. The van der Waals surface area contributed by atoms with Gasteiger partial charge in [-0.2, -0.15) is 0 Å². The van der Waals surface area contributed by atoms with Crippen LogP contribution < -0.4 is 10.6 Å². The van der Waals surface area contributed by atoms with Crippen molar-refractivity contribution in [3.05, 3.63) is 35.1 Å². The van der Waals surface area contributed by atoms with Gasteiger partial charge in [-0.1, -0.05) is 6.07 Å². The maximum atomic E-state index is 13.5. The number of halogens is 1. The second-order valence-electron chi connectivity index (χ2n) is 6.82. The Hall–Kier alpha value is -0.930. The zero-order valence-electron chi connectivity index (χ0n) is 11.9. The normalized spacial score (nSPS) is 32.5. The summed E-state index contributed by atoms with van der Waals surface area (Å²) in [5.74, 6) is 0.747. The van der Waals surface area contributed by atoms with Gasteiger partial charge in [0.15, 0.2) is 0 Å². The summed E-state index contributed by atoms with van der Waals surface area (Å²) in [6, 6.07) is 5.97. The summed E-state index contributed by atoms with van der Waals surface area (Å²) in [6.07, 6.45) is 6.11. The van der Waals surface area contributed by atoms with E-state index in [9.17, 15) is 4.39 Å². The molecule has 0 amide bonds. The fourth-order valence-corrected chi connectivity index (χ4v) is 4.26. The first-order chi connectivity index (χ1) is 9.78. The lowest BCUT2D eigenvalue weighted by atomic mass is 9.96. The van der Waals surface area contributed by atoms with Crippen LogP contribution in [0.5, 0.6) is 0 Å². The average molecular weight is 274 g/mol. The summed E-state index contributed by atoms with van der Waals surface area (Å²) < 4.78 is 13.5. The van der Waals surface area contributed by atoms with Gasteiger partial charge >= 0.3 is 0 Å². The van der Waals surface area contributed by atoms with E-state index in [2.05, 4.69) is 10.6 Å². The van der Waals surface area contributed by atoms with Crippen LogP contribution in [-0.2, 0) is 11.8 Å². The van der Waals surface area contributed by atoms with Gasteiger partial charge in [-0.3, -0.25) is 0 Å². The van der Waals surface area contributed by atoms with Crippen molar-refractivity contribution in [1.82, 2.24) is 10.6 Å². The molecule has 2 aliphatic carbocycles. The molecule has 0 aromatic heterocycles. The maximum absolute atomic E-state index is 13.5. The van der Waals surface area contributed by atoms with Crippen molar-refractivity contribution in [1.29, 1.82) is 0 Å². The standard InChI is InChI=1S/C17H23FN2/c18-14-2-1-13-3-6-17(15(13)9-14)10-16(17)20-11-12-4-7-19-8-5-12/h1-2,9,12,16,19-20H,3-8,10-11H2/t16-,17?/m1/s1. The van der Waals surface area contributed by atoms with E-state index < -0.39 is 0 Å². The van der Waals surface area contributed by atoms with Gasteiger partial charge in [-0.25, -0.2) is 4.39 Å². The molecule has 1 saturated carbocycles. The van der Waals surface area contributed by atoms with E-state index in [0.29, 0.717) is 6.04 Å². The first-order valence-electron chi connectivity index (χ1n) is 8.01. The molecule has 1 aromatic carbocycles. The third-order valence-electron chi connectivity index (χ3n) is 5.64. The van der Waals surface area contributed by atoms with Crippen LogP contribution in [0.25, 0.3) is 0 Å². The topological polar surface area (TPSA) is 24.1 Å². The summed E-state index contributed by atoms with van der Waals surface area (Å²) in [5, 5.41) is 7.19. The molecule has 0 radical (unpaired) electrons. The van der Waals surface area contributed by atoms with Gasteiger partial charge in [-0.05, 0) is 80.9 Å². The molecule has 108 valence electrons. The van der Waals surface area contributed by atoms with E-state index in [-0.39, 0.29) is 11.2 Å². The van der Waals surface area contributed by atoms with Crippen molar-refractivity contribution in [2.45, 2.75) is 43.6 Å². The minimum atomic E-state index is -0.0750. The SMILES string of the molecule is Fc1ccc2c(c1)C1(CC2)C[C@H]1NCC1CCNCC1. The Bertz CT molecular complexity index is 510. The molecule has 4 rings (SSSR count). The molecule has 1 heterocycles. The van der Waals surface area contributed by atoms with E-state index in [0.717, 1.165) is 32.0 Å². The largest absolute Gasteiger partial charge is 0.317 e. The average Bonchev–Trinajstić information content (AvgIpc) is 3.08. The van der Waals surface area contributed by atoms with Gasteiger partial charge in [0.05, 0.1) is 0 Å². The number of aryl methyl sites for hydroxylation is 1. The predicted molar refractivity (Wildman–Crippen MR) is 78.4 cm³/mol. The van der Waals surface area contributed by atoms with Crippen LogP contribution >= 0.6 is 0 Å². The minimum absolute atomic E-state index is 0.0750. The second kappa shape index (κ2) is 4.81. The molecule has 1 aromatic rings. The molecule has 0 bridgehead atoms. The zero-order valence-corrected chi connectivity index (χ0v) is 11.9. The summed E-state index contributed by atoms with van der Waals surface area (Å²) in [7, 11) is 0. The van der Waals surface area contributed by atoms with Crippen molar-refractivity contribution < 1.29 is 4.39 Å². The zero-order chi connectivity index (χ0) is 13.6. The number of piperidine rings is 1. The number of hydrogen-bond acceptors (Lipinski definition) is 2. The highest BCUT2D eigenvalue weighted by Crippen LogP contribution is 2.56. The third-order valence-corrected chi connectivity index (χ3v) is 5.64. The lowest BCUT2D eigenvalue weighted by molar-refractivity contribution is 0.351. The molecular formula is C17H23FN2. The van der Waals surface area contributed by atoms with E-state index in [1.54, 1.807) is 12.1 Å². The Labute approximate surface area is 120 Å². The number of fused-ring (bicyclic) bond motifs is 2. The van der Waals surface area contributed by atoms with Gasteiger partial charge < -0.3 is 10.6 Å². The molecule has 1 aliphatic heterocycles. The van der Waals surface area contributed by atoms with Crippen LogP contribution in [-0.4, -0.2) is 25.7 Å². The monoisotopic (exact) mass is 274 g/mol. The number of rotatable bonds is 3. The quantitative estimate of drug-likeness (QED) is 0.884. The van der Waals surface area contributed by atoms with Gasteiger partial charge in [0.2, 0.25) is 0 Å². The van der Waals surface area contributed by atoms with Crippen LogP contribution in [0.15, 0.2) is 18.2 Å². The molecule has 2 atom stereocenters. The molecule has 2 fully saturated rings. The van der Waals surface area contributed by atoms with Crippen LogP contribution in [0.1, 0.15) is 36.8 Å². The van der Waals surface area contributed by atoms with Crippen LogP contribution in [0.4, 0.5) is 4.39 Å². The number of hydrogen-bond donors (Lipinski definition) is 2. The smallest absolute Gasteiger partial charge is 0.123 e. The van der Waals surface area contributed by atoms with E-state index in [1.165, 1.54) is 36.8 Å². The molecular weight excluding hydrogens is 251 g/mol. The lowest BCUT2D eigenvalue weighted by Crippen LogP contribution is -2.35. The number of benzene rings is 1. The fourth-order valence-electron chi connectivity index (χ4n) is 4.26. The molecule has 2 nitrogen and oxygen atoms in total. The summed E-state index contributed by atoms with van der Waals surface area (Å²) in [6.45, 7) is 3.46. The predicted octanol–water partition coefficient (Wildman–Crippen LogP) is 2.37. The highest BCUT2D eigenvalue weighted by atomic mass is 19.1. The molecule has 1 spiro atoms. The Kier molecular flexibility index (Phi) is 3.08. The van der Waals surface area contributed by atoms with Gasteiger partial charge in [0.1, 0.15) is 5.82 Å². The Morgan fingerprint density at radius 3 is 3.00 bits per heavy atom. The fraction of sp³-hybridized carbons (Fsp3) is 0.647. The third kappa shape index (κ3) is 2.08. The maximum Gasteiger partial charge on any atom is 0.123 e. The molecule has 1 unspecified atom stereocenters. The van der Waals surface area contributed by atoms with Crippen molar-refractivity contribution in [3.63, 3.8) is 0 Å². The lowest BCUT2D eigenvalue weighted by Gasteiger charge is -2.23. The van der Waals surface area contributed by atoms with Crippen molar-refractivity contribution in [3.8, 4) is 0 Å². The van der Waals surface area contributed by atoms with E-state index in [1.807, 2.05) is 6.07 Å². The molecule has 3 aliphatic rings. The first-order valence-corrected chi connectivity index (χ1v) is 8.01. The Morgan fingerprint density at radius 1 is 1.30 bits per heavy atom. The van der Waals surface area contributed by atoms with Crippen molar-refractivity contribution in [2.75, 3.05) is 19.6 Å². The van der Waals surface area contributed by atoms with Gasteiger partial charge in [0, 0.05) is 11.5 Å². The van der Waals surface area contributed by atoms with E-state index >= 15 is 0 Å². The van der Waals surface area contributed by atoms with E-state index in [4.69, 9.17) is 0 Å². The molecule has 20 heavy (non-hydrogen) atoms. The Morgan fingerprint density at radius 2 is 2.15 bits per heavy atom. The number of nitrogens with one attached hydrogen (secondary N) is 2. The summed E-state index contributed by atoms with van der Waals surface area (Å²) in [4.78, 5) is 0. The minimum Gasteiger partial charge on any atom is -0.317 e. The van der Waals surface area contributed by atoms with Crippen LogP contribution in [0, 0.1) is 11.7 Å². The first kappa shape index (κ1) is 12.8. The Balaban J connectivity index is 1.41. The molecule has 3 heteroatoms. The summed E-state index contributed by atoms with van der Waals surface area (Å²) >= 11 is 0. The van der Waals surface area contributed by atoms with Crippen molar-refractivity contribution in [2.24, 2.45) is 5.92 Å². The van der Waals surface area contributed by atoms with Crippen LogP contribution in [0.3, 0.4) is 0 Å². The highest BCUT2D eigenvalue weighted by molar-refractivity contribution is 5.47. The summed E-state index contributed by atoms with van der Waals surface area (Å²) in [5.41, 5.74) is 2.93. The second-order valence-corrected chi connectivity index (χ2v) is 6.82. The highest BCUT2D eigenvalue weighted by Gasteiger charge is 2.57. The molecule has 1 saturated heterocycles. The van der Waals surface area contributed by atoms with Gasteiger partial charge in [0.25, 0.3) is 0 Å². The van der Waals surface area contributed by atoms with Crippen LogP contribution in [0.2, 0.25) is 0 Å². The van der Waals surface area contributed by atoms with Gasteiger partial charge in [-0.15, -0.1) is 0 Å².